The molecule has 1 aromatic heterocycles. The van der Waals surface area contributed by atoms with E-state index in [-0.39, 0.29) is 5.82 Å². The molecule has 3 nitrogen and oxygen atoms in total. The number of nitrogens with one attached hydrogen (secondary N) is 1. The van der Waals surface area contributed by atoms with Crippen LogP contribution in [0.15, 0.2) is 10.5 Å². The molecule has 5 heteroatoms. The van der Waals surface area contributed by atoms with E-state index in [2.05, 4.69) is 26.3 Å². The maximum absolute atomic E-state index is 14.3. The fourth-order valence-electron chi connectivity index (χ4n) is 2.27. The highest BCUT2D eigenvalue weighted by Gasteiger charge is 2.17. The Bertz CT molecular complexity index is 626. The Kier molecular flexibility index (Phi) is 3.54. The van der Waals surface area contributed by atoms with E-state index in [1.165, 1.54) is 0 Å². The minimum atomic E-state index is -0.328. The number of nitrogen functional groups attached to an aromatic ring is 1. The predicted octanol–water partition coefficient (Wildman–Crippen LogP) is 3.60. The zero-order valence-electron chi connectivity index (χ0n) is 10.6. The number of nitrogens with two attached hydrogens (primary N) is 1. The Hall–Kier alpha value is -1.20. The van der Waals surface area contributed by atoms with Crippen molar-refractivity contribution in [3.8, 4) is 0 Å². The Morgan fingerprint density at radius 2 is 2.11 bits per heavy atom. The SMILES string of the molecule is CCc1c(C)nc2c(C)cc(Br)c(F)c2c1NN. The van der Waals surface area contributed by atoms with Crippen LogP contribution >= 0.6 is 15.9 Å². The number of hydrogen-bond donors (Lipinski definition) is 2. The molecule has 0 saturated heterocycles. The van der Waals surface area contributed by atoms with Crippen molar-refractivity contribution in [1.82, 2.24) is 4.98 Å². The molecule has 18 heavy (non-hydrogen) atoms. The topological polar surface area (TPSA) is 50.9 Å². The lowest BCUT2D eigenvalue weighted by Gasteiger charge is -2.16. The molecule has 0 aliphatic heterocycles. The number of aromatic nitrogens is 1. The Balaban J connectivity index is 3.03. The molecule has 3 N–H and O–H groups in total. The maximum atomic E-state index is 14.3. The molecule has 0 aliphatic rings. The molecule has 0 radical (unpaired) electrons. The third-order valence-corrected chi connectivity index (χ3v) is 3.73. The summed E-state index contributed by atoms with van der Waals surface area (Å²) < 4.78 is 14.7. The summed E-state index contributed by atoms with van der Waals surface area (Å²) in [5, 5.41) is 0.451. The maximum Gasteiger partial charge on any atom is 0.148 e. The Morgan fingerprint density at radius 3 is 2.67 bits per heavy atom. The molecule has 2 aromatic rings. The lowest BCUT2D eigenvalue weighted by Crippen LogP contribution is -2.12. The summed E-state index contributed by atoms with van der Waals surface area (Å²) in [5.41, 5.74) is 6.64. The van der Waals surface area contributed by atoms with Crippen LogP contribution < -0.4 is 11.3 Å². The van der Waals surface area contributed by atoms with Crippen molar-refractivity contribution in [3.05, 3.63) is 33.2 Å². The second kappa shape index (κ2) is 4.82. The summed E-state index contributed by atoms with van der Waals surface area (Å²) in [5.74, 6) is 5.24. The first kappa shape index (κ1) is 13.2. The predicted molar refractivity (Wildman–Crippen MR) is 76.1 cm³/mol. The van der Waals surface area contributed by atoms with Gasteiger partial charge in [-0.25, -0.2) is 4.39 Å². The number of benzene rings is 1. The van der Waals surface area contributed by atoms with Gasteiger partial charge >= 0.3 is 0 Å². The lowest BCUT2D eigenvalue weighted by atomic mass is 10.0. The van der Waals surface area contributed by atoms with Gasteiger partial charge in [-0.05, 0) is 53.4 Å². The molecule has 0 unspecified atom stereocenters. The van der Waals surface area contributed by atoms with Crippen molar-refractivity contribution < 1.29 is 4.39 Å². The van der Waals surface area contributed by atoms with Gasteiger partial charge in [0, 0.05) is 5.69 Å². The van der Waals surface area contributed by atoms with Gasteiger partial charge < -0.3 is 5.43 Å². The number of halogens is 2. The zero-order valence-corrected chi connectivity index (χ0v) is 12.2. The van der Waals surface area contributed by atoms with E-state index in [0.29, 0.717) is 21.1 Å². The number of nitrogens with zero attached hydrogens (tertiary/aromatic N) is 1. The van der Waals surface area contributed by atoms with E-state index in [1.54, 1.807) is 6.07 Å². The summed E-state index contributed by atoms with van der Waals surface area (Å²) in [4.78, 5) is 4.50. The van der Waals surface area contributed by atoms with Gasteiger partial charge in [0.25, 0.3) is 0 Å². The number of fused-ring (bicyclic) bond motifs is 1. The van der Waals surface area contributed by atoms with Crippen LogP contribution in [-0.4, -0.2) is 4.98 Å². The van der Waals surface area contributed by atoms with Crippen molar-refractivity contribution in [3.63, 3.8) is 0 Å². The van der Waals surface area contributed by atoms with Crippen molar-refractivity contribution in [2.24, 2.45) is 5.84 Å². The Morgan fingerprint density at radius 1 is 1.44 bits per heavy atom. The molecule has 1 heterocycles. The first-order chi connectivity index (χ1) is 8.51. The molecule has 2 rings (SSSR count). The smallest absolute Gasteiger partial charge is 0.148 e. The number of hydrazine groups is 1. The fourth-order valence-corrected chi connectivity index (χ4v) is 2.82. The van der Waals surface area contributed by atoms with E-state index >= 15 is 0 Å². The average Bonchev–Trinajstić information content (AvgIpc) is 2.34. The van der Waals surface area contributed by atoms with Crippen LogP contribution in [0.5, 0.6) is 0 Å². The number of hydrogen-bond acceptors (Lipinski definition) is 3. The molecule has 0 amide bonds. The largest absolute Gasteiger partial charge is 0.323 e. The highest BCUT2D eigenvalue weighted by molar-refractivity contribution is 9.10. The highest BCUT2D eigenvalue weighted by atomic mass is 79.9. The van der Waals surface area contributed by atoms with Crippen LogP contribution in [0.2, 0.25) is 0 Å². The van der Waals surface area contributed by atoms with Gasteiger partial charge in [-0.3, -0.25) is 10.8 Å². The van der Waals surface area contributed by atoms with Crippen LogP contribution in [0.25, 0.3) is 10.9 Å². The molecule has 0 bridgehead atoms. The number of aryl methyl sites for hydroxylation is 2. The molecule has 96 valence electrons. The molecule has 0 aliphatic carbocycles. The monoisotopic (exact) mass is 311 g/mol. The molecule has 0 fully saturated rings. The molecule has 1 aromatic carbocycles. The Labute approximate surface area is 114 Å². The van der Waals surface area contributed by atoms with Gasteiger partial charge in [0.15, 0.2) is 0 Å². The third kappa shape index (κ3) is 1.87. The van der Waals surface area contributed by atoms with Gasteiger partial charge in [-0.1, -0.05) is 6.92 Å². The van der Waals surface area contributed by atoms with Crippen molar-refractivity contribution in [1.29, 1.82) is 0 Å². The molecule has 0 spiro atoms. The van der Waals surface area contributed by atoms with Crippen LogP contribution in [0.4, 0.5) is 10.1 Å². The highest BCUT2D eigenvalue weighted by Crippen LogP contribution is 2.35. The number of rotatable bonds is 2. The second-order valence-electron chi connectivity index (χ2n) is 4.26. The van der Waals surface area contributed by atoms with Crippen LogP contribution in [0.3, 0.4) is 0 Å². The minimum Gasteiger partial charge on any atom is -0.323 e. The fraction of sp³-hybridized carbons (Fsp3) is 0.308. The van der Waals surface area contributed by atoms with E-state index in [4.69, 9.17) is 5.84 Å². The second-order valence-corrected chi connectivity index (χ2v) is 5.12. The van der Waals surface area contributed by atoms with Crippen molar-refractivity contribution in [2.75, 3.05) is 5.43 Å². The van der Waals surface area contributed by atoms with Crippen LogP contribution in [0, 0.1) is 19.7 Å². The summed E-state index contributed by atoms with van der Waals surface area (Å²) in [6.45, 7) is 5.82. The van der Waals surface area contributed by atoms with Gasteiger partial charge in [0.05, 0.1) is 21.1 Å². The third-order valence-electron chi connectivity index (χ3n) is 3.15. The van der Waals surface area contributed by atoms with Crippen molar-refractivity contribution in [2.45, 2.75) is 27.2 Å². The van der Waals surface area contributed by atoms with Gasteiger partial charge in [-0.2, -0.15) is 0 Å². The number of pyridine rings is 1. The standard InChI is InChI=1S/C13H15BrFN3/c1-4-8-7(3)17-12-6(2)5-9(14)11(15)10(12)13(8)18-16/h5H,4,16H2,1-3H3,(H,17,18). The van der Waals surface area contributed by atoms with Crippen LogP contribution in [-0.2, 0) is 6.42 Å². The summed E-state index contributed by atoms with van der Waals surface area (Å²) in [7, 11) is 0. The first-order valence-corrected chi connectivity index (χ1v) is 6.54. The van der Waals surface area contributed by atoms with E-state index < -0.39 is 0 Å². The first-order valence-electron chi connectivity index (χ1n) is 5.75. The lowest BCUT2D eigenvalue weighted by molar-refractivity contribution is 0.632. The molecular formula is C13H15BrFN3. The normalized spacial score (nSPS) is 11.0. The zero-order chi connectivity index (χ0) is 13.4. The van der Waals surface area contributed by atoms with Gasteiger partial charge in [0.1, 0.15) is 5.82 Å². The summed E-state index contributed by atoms with van der Waals surface area (Å²) in [6, 6.07) is 1.73. The molecular weight excluding hydrogens is 297 g/mol. The molecule has 0 atom stereocenters. The van der Waals surface area contributed by atoms with E-state index in [9.17, 15) is 4.39 Å². The quantitative estimate of drug-likeness (QED) is 0.658. The summed E-state index contributed by atoms with van der Waals surface area (Å²) in [6.07, 6.45) is 0.749. The van der Waals surface area contributed by atoms with E-state index in [0.717, 1.165) is 23.2 Å². The number of anilines is 1. The summed E-state index contributed by atoms with van der Waals surface area (Å²) >= 11 is 3.22. The molecule has 0 saturated carbocycles. The van der Waals surface area contributed by atoms with Gasteiger partial charge in [-0.15, -0.1) is 0 Å². The van der Waals surface area contributed by atoms with Gasteiger partial charge in [0.2, 0.25) is 0 Å². The van der Waals surface area contributed by atoms with Crippen LogP contribution in [0.1, 0.15) is 23.7 Å². The minimum absolute atomic E-state index is 0.328. The van der Waals surface area contributed by atoms with Crippen molar-refractivity contribution >= 4 is 32.5 Å². The van der Waals surface area contributed by atoms with E-state index in [1.807, 2.05) is 20.8 Å². The average molecular weight is 312 g/mol.